The van der Waals surface area contributed by atoms with Crippen molar-refractivity contribution in [3.8, 4) is 0 Å². The molecular formula is C13H21N3O. The van der Waals surface area contributed by atoms with E-state index in [1.54, 1.807) is 0 Å². The Morgan fingerprint density at radius 2 is 2.47 bits per heavy atom. The molecular weight excluding hydrogens is 214 g/mol. The maximum atomic E-state index is 5.81. The summed E-state index contributed by atoms with van der Waals surface area (Å²) in [5.41, 5.74) is 1.79. The largest absolute Gasteiger partial charge is 0.369 e. The first-order valence-corrected chi connectivity index (χ1v) is 6.65. The number of hydrogen-bond acceptors (Lipinski definition) is 3. The average Bonchev–Trinajstić information content (AvgIpc) is 3.00. The average molecular weight is 235 g/mol. The van der Waals surface area contributed by atoms with Gasteiger partial charge in [0.05, 0.1) is 24.8 Å². The van der Waals surface area contributed by atoms with E-state index in [0.29, 0.717) is 5.41 Å². The monoisotopic (exact) mass is 235 g/mol. The second-order valence-corrected chi connectivity index (χ2v) is 5.36. The van der Waals surface area contributed by atoms with Gasteiger partial charge in [0.15, 0.2) is 0 Å². The molecule has 17 heavy (non-hydrogen) atoms. The number of hydrogen-bond donors (Lipinski definition) is 1. The fourth-order valence-corrected chi connectivity index (χ4v) is 2.65. The Morgan fingerprint density at radius 1 is 1.59 bits per heavy atom. The lowest BCUT2D eigenvalue weighted by molar-refractivity contribution is 0.0222. The van der Waals surface area contributed by atoms with Crippen molar-refractivity contribution in [3.05, 3.63) is 18.2 Å². The molecule has 1 aliphatic heterocycles. The van der Waals surface area contributed by atoms with Crippen molar-refractivity contribution in [2.45, 2.75) is 38.8 Å². The van der Waals surface area contributed by atoms with E-state index < -0.39 is 0 Å². The number of morpholine rings is 1. The summed E-state index contributed by atoms with van der Waals surface area (Å²) in [4.78, 5) is 4.30. The molecule has 1 aromatic heterocycles. The predicted molar refractivity (Wildman–Crippen MR) is 65.7 cm³/mol. The zero-order valence-corrected chi connectivity index (χ0v) is 10.5. The normalized spacial score (nSPS) is 27.0. The maximum absolute atomic E-state index is 5.81. The molecule has 0 aromatic carbocycles. The van der Waals surface area contributed by atoms with Crippen LogP contribution in [0, 0.1) is 5.41 Å². The van der Waals surface area contributed by atoms with Crippen molar-refractivity contribution in [3.63, 3.8) is 0 Å². The molecule has 1 saturated carbocycles. The van der Waals surface area contributed by atoms with Gasteiger partial charge in [0.25, 0.3) is 0 Å². The zero-order valence-electron chi connectivity index (χ0n) is 10.5. The van der Waals surface area contributed by atoms with Gasteiger partial charge >= 0.3 is 0 Å². The smallest absolute Gasteiger partial charge is 0.111 e. The Labute approximate surface area is 102 Å². The highest BCUT2D eigenvalue weighted by Crippen LogP contribution is 2.50. The summed E-state index contributed by atoms with van der Waals surface area (Å²) in [5, 5.41) is 3.38. The van der Waals surface area contributed by atoms with E-state index in [1.165, 1.54) is 25.0 Å². The molecule has 0 radical (unpaired) electrons. The van der Waals surface area contributed by atoms with Gasteiger partial charge in [-0.05, 0) is 24.7 Å². The van der Waals surface area contributed by atoms with Crippen LogP contribution in [-0.2, 0) is 11.3 Å². The third-order valence-corrected chi connectivity index (χ3v) is 4.21. The van der Waals surface area contributed by atoms with Crippen LogP contribution in [0.3, 0.4) is 0 Å². The number of rotatable bonds is 4. The molecule has 0 spiro atoms. The molecule has 1 saturated heterocycles. The Hall–Kier alpha value is -0.870. The number of nitrogens with one attached hydrogen (secondary N) is 1. The molecule has 1 atom stereocenters. The number of aromatic nitrogens is 2. The molecule has 1 unspecified atom stereocenters. The summed E-state index contributed by atoms with van der Waals surface area (Å²) < 4.78 is 8.11. The first-order chi connectivity index (χ1) is 8.33. The van der Waals surface area contributed by atoms with Gasteiger partial charge in [-0.2, -0.15) is 0 Å². The van der Waals surface area contributed by atoms with Crippen LogP contribution in [0.2, 0.25) is 0 Å². The van der Waals surface area contributed by atoms with E-state index in [0.717, 1.165) is 26.2 Å². The van der Waals surface area contributed by atoms with Crippen molar-refractivity contribution in [1.29, 1.82) is 0 Å². The molecule has 2 heterocycles. The van der Waals surface area contributed by atoms with Gasteiger partial charge in [0, 0.05) is 19.6 Å². The standard InChI is InChI=1S/C13H21N3O/c1-2-13(3-4-13)9-16-10-15-7-11(16)12-8-14-5-6-17-12/h7,10,12,14H,2-6,8-9H2,1H3. The minimum absolute atomic E-state index is 0.180. The Kier molecular flexibility index (Phi) is 2.92. The summed E-state index contributed by atoms with van der Waals surface area (Å²) >= 11 is 0. The first kappa shape index (κ1) is 11.2. The van der Waals surface area contributed by atoms with E-state index in [2.05, 4.69) is 21.8 Å². The number of ether oxygens (including phenoxy) is 1. The van der Waals surface area contributed by atoms with Gasteiger partial charge < -0.3 is 14.6 Å². The number of nitrogens with zero attached hydrogens (tertiary/aromatic N) is 2. The molecule has 4 heteroatoms. The van der Waals surface area contributed by atoms with Gasteiger partial charge in [-0.3, -0.25) is 0 Å². The second-order valence-electron chi connectivity index (χ2n) is 5.36. The SMILES string of the molecule is CCC1(Cn2cncc2C2CNCCO2)CC1. The third-order valence-electron chi connectivity index (χ3n) is 4.21. The highest BCUT2D eigenvalue weighted by molar-refractivity contribution is 5.07. The third kappa shape index (κ3) is 2.24. The van der Waals surface area contributed by atoms with Crippen LogP contribution < -0.4 is 5.32 Å². The van der Waals surface area contributed by atoms with Crippen LogP contribution in [0.25, 0.3) is 0 Å². The molecule has 2 fully saturated rings. The van der Waals surface area contributed by atoms with Crippen molar-refractivity contribution in [2.24, 2.45) is 5.41 Å². The van der Waals surface area contributed by atoms with Gasteiger partial charge in [0.2, 0.25) is 0 Å². The topological polar surface area (TPSA) is 39.1 Å². The van der Waals surface area contributed by atoms with Gasteiger partial charge in [-0.15, -0.1) is 0 Å². The van der Waals surface area contributed by atoms with E-state index >= 15 is 0 Å². The van der Waals surface area contributed by atoms with Crippen LogP contribution in [0.4, 0.5) is 0 Å². The van der Waals surface area contributed by atoms with Crippen LogP contribution in [-0.4, -0.2) is 29.2 Å². The molecule has 0 bridgehead atoms. The first-order valence-electron chi connectivity index (χ1n) is 6.65. The molecule has 0 amide bonds. The summed E-state index contributed by atoms with van der Waals surface area (Å²) in [6.45, 7) is 6.07. The quantitative estimate of drug-likeness (QED) is 0.864. The summed E-state index contributed by atoms with van der Waals surface area (Å²) in [7, 11) is 0. The summed E-state index contributed by atoms with van der Waals surface area (Å²) in [6, 6.07) is 0. The van der Waals surface area contributed by atoms with Gasteiger partial charge in [-0.25, -0.2) is 4.98 Å². The minimum Gasteiger partial charge on any atom is -0.369 e. The lowest BCUT2D eigenvalue weighted by Crippen LogP contribution is -2.34. The molecule has 1 aliphatic carbocycles. The molecule has 3 rings (SSSR count). The van der Waals surface area contributed by atoms with Gasteiger partial charge in [0.1, 0.15) is 6.10 Å². The molecule has 1 N–H and O–H groups in total. The van der Waals surface area contributed by atoms with E-state index in [-0.39, 0.29) is 6.10 Å². The fourth-order valence-electron chi connectivity index (χ4n) is 2.65. The van der Waals surface area contributed by atoms with Crippen molar-refractivity contribution in [1.82, 2.24) is 14.9 Å². The number of imidazole rings is 1. The molecule has 94 valence electrons. The van der Waals surface area contributed by atoms with E-state index in [1.807, 2.05) is 12.5 Å². The van der Waals surface area contributed by atoms with E-state index in [4.69, 9.17) is 4.74 Å². The van der Waals surface area contributed by atoms with Crippen LogP contribution in [0.1, 0.15) is 38.0 Å². The molecule has 2 aliphatic rings. The lowest BCUT2D eigenvalue weighted by Gasteiger charge is -2.25. The molecule has 1 aromatic rings. The minimum atomic E-state index is 0.180. The van der Waals surface area contributed by atoms with Crippen molar-refractivity contribution in [2.75, 3.05) is 19.7 Å². The summed E-state index contributed by atoms with van der Waals surface area (Å²) in [5.74, 6) is 0. The van der Waals surface area contributed by atoms with Crippen LogP contribution >= 0.6 is 0 Å². The maximum Gasteiger partial charge on any atom is 0.111 e. The van der Waals surface area contributed by atoms with Crippen molar-refractivity contribution < 1.29 is 4.74 Å². The second kappa shape index (κ2) is 4.42. The Morgan fingerprint density at radius 3 is 3.12 bits per heavy atom. The lowest BCUT2D eigenvalue weighted by atomic mass is 10.0. The highest BCUT2D eigenvalue weighted by Gasteiger charge is 2.41. The van der Waals surface area contributed by atoms with E-state index in [9.17, 15) is 0 Å². The van der Waals surface area contributed by atoms with Gasteiger partial charge in [-0.1, -0.05) is 6.92 Å². The molecule has 4 nitrogen and oxygen atoms in total. The Bertz CT molecular complexity index is 378. The Balaban J connectivity index is 1.74. The van der Waals surface area contributed by atoms with Crippen LogP contribution in [0.5, 0.6) is 0 Å². The predicted octanol–water partition coefficient (Wildman–Crippen LogP) is 1.73. The summed E-state index contributed by atoms with van der Waals surface area (Å²) in [6.07, 6.45) is 8.11. The van der Waals surface area contributed by atoms with Crippen LogP contribution in [0.15, 0.2) is 12.5 Å². The fraction of sp³-hybridized carbons (Fsp3) is 0.769. The zero-order chi connectivity index (χ0) is 11.7. The van der Waals surface area contributed by atoms with Crippen molar-refractivity contribution >= 4 is 0 Å². The highest BCUT2D eigenvalue weighted by atomic mass is 16.5.